The predicted octanol–water partition coefficient (Wildman–Crippen LogP) is 16.6. The number of pyridine rings is 3. The van der Waals surface area contributed by atoms with Crippen LogP contribution in [-0.4, -0.2) is 204 Å². The van der Waals surface area contributed by atoms with E-state index in [1.165, 1.54) is 64.6 Å². The fourth-order valence-electron chi connectivity index (χ4n) is 12.1. The van der Waals surface area contributed by atoms with E-state index in [2.05, 4.69) is 81.7 Å². The Morgan fingerprint density at radius 1 is 0.472 bits per heavy atom. The number of carboxylic acid groups (broad SMARTS) is 1. The normalized spacial score (nSPS) is 15.2. The van der Waals surface area contributed by atoms with E-state index in [0.29, 0.717) is 113 Å². The average Bonchev–Trinajstić information content (AvgIpc) is 1.62. The molecule has 3 saturated heterocycles. The van der Waals surface area contributed by atoms with E-state index in [-0.39, 0.29) is 69.7 Å². The van der Waals surface area contributed by atoms with Crippen LogP contribution >= 0.6 is 58.8 Å². The van der Waals surface area contributed by atoms with Crippen molar-refractivity contribution in [1.29, 1.82) is 10.5 Å². The van der Waals surface area contributed by atoms with E-state index in [4.69, 9.17) is 97.6 Å². The number of hydrogen-bond donors (Lipinski definition) is 1. The van der Waals surface area contributed by atoms with Gasteiger partial charge in [0, 0.05) is 97.5 Å². The third-order valence-corrected chi connectivity index (χ3v) is 21.2. The molecule has 13 heterocycles. The van der Waals surface area contributed by atoms with Crippen LogP contribution in [0.2, 0.25) is 20.4 Å². The van der Waals surface area contributed by atoms with E-state index in [1.54, 1.807) is 115 Å². The van der Waals surface area contributed by atoms with Gasteiger partial charge in [-0.05, 0) is 183 Å². The molecule has 0 atom stereocenters. The van der Waals surface area contributed by atoms with Crippen LogP contribution < -0.4 is 20.6 Å². The van der Waals surface area contributed by atoms with E-state index in [0.717, 1.165) is 42.3 Å². The maximum absolute atomic E-state index is 12.1. The summed E-state index contributed by atoms with van der Waals surface area (Å²) in [6.07, 6.45) is 13.8. The number of ether oxygens (including phenoxy) is 3. The Bertz CT molecular complexity index is 5750. The van der Waals surface area contributed by atoms with Gasteiger partial charge in [-0.15, -0.1) is 53.2 Å². The topological polar surface area (TPSA) is 392 Å². The Morgan fingerprint density at radius 3 is 1.30 bits per heavy atom. The lowest BCUT2D eigenvalue weighted by molar-refractivity contribution is 0.00578. The third kappa shape index (κ3) is 25.1. The van der Waals surface area contributed by atoms with Crippen LogP contribution in [0.1, 0.15) is 174 Å². The summed E-state index contributed by atoms with van der Waals surface area (Å²) in [5, 5.41) is 59.0. The molecule has 0 unspecified atom stereocenters. The Morgan fingerprint density at radius 2 is 0.872 bits per heavy atom. The molecular weight excluding hydrogens is 1710 g/mol. The van der Waals surface area contributed by atoms with Crippen LogP contribution in [0, 0.1) is 22.7 Å². The number of hydrogen-bond acceptors (Lipinski definition) is 27. The van der Waals surface area contributed by atoms with Crippen molar-refractivity contribution in [3.05, 3.63) is 194 Å². The molecular formula is C87H95B2Cl5N16O15. The van der Waals surface area contributed by atoms with Gasteiger partial charge in [0.1, 0.15) is 63.3 Å². The highest BCUT2D eigenvalue weighted by atomic mass is 35.5. The molecule has 3 amide bonds. The largest absolute Gasteiger partial charge is 0.532 e. The summed E-state index contributed by atoms with van der Waals surface area (Å²) in [4.78, 5) is 62.4. The van der Waals surface area contributed by atoms with Crippen molar-refractivity contribution in [2.24, 2.45) is 0 Å². The Labute approximate surface area is 750 Å². The lowest BCUT2D eigenvalue weighted by Gasteiger charge is -2.32. The standard InChI is InChI=1S/C27H25N5O3.C18H24BNO4.C14H11ClN4O2.C13H15BClNO3.C7H8ClN3O.C5H3ClN2O2.C3H8.ClH/c1-32(2)27(33)22-10-9-21(30-31-22)25-15-23-26(35-25)20(12-13-29-23)17-8-11-24(18(14-17)16-28)34-19-6-4-3-5-7-19;1-17(2)18(3,4)24-19(23-17)14-5-6-16(13(11-14)12-20)22-15-7-9-21-10-8-15;1-19(2)14(20)10-4-3-9(17-18-10)12-7-11-13(21-12)8(15)5-6-16-11;1-12(2)13(3,4)19-14(18-12)10-7-9-11(17-10)8(15)5-6-16-9;1-11(2)7(12)5-3-4-6(8)10-9-5;6-4-2-1-3(5(9)10)7-8-4;1-3-2;/h8-15,19H,3-7H2,1-2H3;5-6,11,15H,7-10H2,1-4H3;3-7H,1-2H3;5-7H,1-4H3;3-4H,1-2H3;1-2H,(H,9,10);3H2,1-2H3;1H. The van der Waals surface area contributed by atoms with Crippen LogP contribution in [-0.2, 0) is 23.4 Å². The Balaban J connectivity index is 0.000000176. The number of nitriles is 2. The van der Waals surface area contributed by atoms with Gasteiger partial charge >= 0.3 is 20.2 Å². The maximum Gasteiger partial charge on any atom is 0.532 e. The molecule has 0 bridgehead atoms. The van der Waals surface area contributed by atoms with E-state index in [9.17, 15) is 29.7 Å². The van der Waals surface area contributed by atoms with Gasteiger partial charge < -0.3 is 65.9 Å². The molecule has 3 aliphatic heterocycles. The predicted molar refractivity (Wildman–Crippen MR) is 477 cm³/mol. The molecule has 0 radical (unpaired) electrons. The minimum Gasteiger partial charge on any atom is -0.489 e. The van der Waals surface area contributed by atoms with Gasteiger partial charge in [-0.1, -0.05) is 85.2 Å². The molecule has 38 heteroatoms. The van der Waals surface area contributed by atoms with Gasteiger partial charge in [-0.3, -0.25) is 29.3 Å². The highest BCUT2D eigenvalue weighted by molar-refractivity contribution is 6.62. The second kappa shape index (κ2) is 43.5. The molecule has 10 aromatic heterocycles. The molecule has 125 heavy (non-hydrogen) atoms. The van der Waals surface area contributed by atoms with Gasteiger partial charge in [0.15, 0.2) is 61.4 Å². The van der Waals surface area contributed by atoms with Gasteiger partial charge in [0.25, 0.3) is 17.7 Å². The molecule has 31 nitrogen and oxygen atoms in total. The minimum atomic E-state index is -1.11. The van der Waals surface area contributed by atoms with E-state index in [1.807, 2.05) is 97.9 Å². The van der Waals surface area contributed by atoms with E-state index < -0.39 is 42.6 Å². The molecule has 2 aromatic carbocycles. The maximum atomic E-state index is 12.1. The highest BCUT2D eigenvalue weighted by Crippen LogP contribution is 2.41. The Hall–Kier alpha value is -11.3. The zero-order chi connectivity index (χ0) is 90.0. The number of aromatic nitrogens is 11. The van der Waals surface area contributed by atoms with E-state index >= 15 is 0 Å². The van der Waals surface area contributed by atoms with Crippen LogP contribution in [0.25, 0.3) is 67.3 Å². The van der Waals surface area contributed by atoms with Gasteiger partial charge in [0.05, 0.1) is 62.9 Å². The first-order valence-electron chi connectivity index (χ1n) is 39.7. The lowest BCUT2D eigenvalue weighted by atomic mass is 9.78. The second-order valence-electron chi connectivity index (χ2n) is 31.3. The quantitative estimate of drug-likeness (QED) is 0.105. The summed E-state index contributed by atoms with van der Waals surface area (Å²) in [7, 11) is 8.94. The number of amides is 3. The molecule has 12 aromatic rings. The van der Waals surface area contributed by atoms with Crippen molar-refractivity contribution in [3.8, 4) is 57.7 Å². The zero-order valence-electron chi connectivity index (χ0n) is 71.9. The Kier molecular flexibility index (Phi) is 33.9. The van der Waals surface area contributed by atoms with Crippen LogP contribution in [0.5, 0.6) is 11.5 Å². The minimum absolute atomic E-state index is 0. The first-order valence-corrected chi connectivity index (χ1v) is 41.2. The smallest absolute Gasteiger partial charge is 0.489 e. The van der Waals surface area contributed by atoms with Crippen LogP contribution in [0.15, 0.2) is 153 Å². The summed E-state index contributed by atoms with van der Waals surface area (Å²) in [6.45, 7) is 21.7. The summed E-state index contributed by atoms with van der Waals surface area (Å²) in [5.74, 6) is 0.519. The number of furan rings is 3. The fraction of sp³-hybridized carbons (Fsp3) is 0.368. The SMILES string of the molecule is CC1(C)OB(c2cc3nccc(Cl)c3o2)OC1(C)C.CC1(C)OB(c2ccc(OC3CCOCC3)c(C#N)c2)OC1(C)C.CCC.CN(C)C(=O)c1ccc(-c2cc3nccc(-c4ccc(OC5CCCCC5)c(C#N)c4)c3o2)nn1.CN(C)C(=O)c1ccc(-c2cc3nccc(Cl)c3o2)nn1.CN(C)C(=O)c1ccc(Cl)nn1.Cl.O=C(O)c1ccc(Cl)nn1. The molecule has 0 spiro atoms. The van der Waals surface area contributed by atoms with Crippen molar-refractivity contribution in [1.82, 2.24) is 70.4 Å². The number of carbonyl (C=O) groups excluding carboxylic acids is 3. The molecule has 4 aliphatic rings. The van der Waals surface area contributed by atoms with Crippen molar-refractivity contribution in [3.63, 3.8) is 0 Å². The molecule has 4 fully saturated rings. The van der Waals surface area contributed by atoms with Gasteiger partial charge in [-0.25, -0.2) is 4.79 Å². The first-order chi connectivity index (χ1) is 58.9. The monoisotopic (exact) mass is 1800 g/mol. The third-order valence-electron chi connectivity index (χ3n) is 20.2. The van der Waals surface area contributed by atoms with Crippen molar-refractivity contribution < 1.29 is 70.4 Å². The second-order valence-corrected chi connectivity index (χ2v) is 32.9. The number of carboxylic acids is 1. The fourth-order valence-corrected chi connectivity index (χ4v) is 12.7. The van der Waals surface area contributed by atoms with Crippen LogP contribution in [0.4, 0.5) is 0 Å². The van der Waals surface area contributed by atoms with Crippen molar-refractivity contribution in [2.75, 3.05) is 55.5 Å². The zero-order valence-corrected chi connectivity index (χ0v) is 75.7. The molecule has 654 valence electrons. The summed E-state index contributed by atoms with van der Waals surface area (Å²) >= 11 is 23.0. The number of aromatic carboxylic acids is 1. The number of carbonyl (C=O) groups is 4. The number of halogens is 5. The van der Waals surface area contributed by atoms with Crippen molar-refractivity contribution >= 4 is 141 Å². The molecule has 1 saturated carbocycles. The highest BCUT2D eigenvalue weighted by Gasteiger charge is 2.54. The number of nitrogens with zero attached hydrogens (tertiary/aromatic N) is 16. The first kappa shape index (κ1) is 97.5. The van der Waals surface area contributed by atoms with Gasteiger partial charge in [-0.2, -0.15) is 10.5 Å². The molecule has 1 aliphatic carbocycles. The number of fused-ring (bicyclic) bond motifs is 3. The summed E-state index contributed by atoms with van der Waals surface area (Å²) in [6, 6.07) is 38.6. The van der Waals surface area contributed by atoms with Gasteiger partial charge in [0.2, 0.25) is 0 Å². The number of benzene rings is 2. The number of rotatable bonds is 13. The van der Waals surface area contributed by atoms with Crippen molar-refractivity contribution in [2.45, 2.75) is 155 Å². The summed E-state index contributed by atoms with van der Waals surface area (Å²) in [5.41, 5.74) is 7.89. The average molecular weight is 1800 g/mol. The lowest BCUT2D eigenvalue weighted by Crippen LogP contribution is -2.41. The molecule has 16 rings (SSSR count). The molecule has 1 N–H and O–H groups in total. The van der Waals surface area contributed by atoms with Crippen LogP contribution in [0.3, 0.4) is 0 Å². The summed E-state index contributed by atoms with van der Waals surface area (Å²) < 4.78 is 59.0.